The highest BCUT2D eigenvalue weighted by Gasteiger charge is 2.50. The molecule has 2 rings (SSSR count). The maximum atomic E-state index is 13.1. The van der Waals surface area contributed by atoms with E-state index in [4.69, 9.17) is 23.2 Å². The smallest absolute Gasteiger partial charge is 0.325 e. The van der Waals surface area contributed by atoms with Gasteiger partial charge in [0.2, 0.25) is 5.91 Å². The second-order valence-corrected chi connectivity index (χ2v) is 9.00. The standard InChI is InChI=1S/C20H27Cl2N3O3/c1-12(2)9-24(10-13(3)4)17(26)11-25-18(27)20(5,23-19(25)28)15-7-6-14(21)8-16(15)22/h6-8,12-13H,9-11H2,1-5H3,(H,23,28)/t20-/m1/s1. The van der Waals surface area contributed by atoms with E-state index < -0.39 is 17.5 Å². The molecule has 0 aromatic heterocycles. The molecule has 1 aliphatic rings. The van der Waals surface area contributed by atoms with Crippen LogP contribution in [0, 0.1) is 11.8 Å². The summed E-state index contributed by atoms with van der Waals surface area (Å²) in [5, 5.41) is 3.38. The number of carbonyl (C=O) groups excluding carboxylic acids is 3. The van der Waals surface area contributed by atoms with Gasteiger partial charge < -0.3 is 10.2 Å². The van der Waals surface area contributed by atoms with E-state index in [-0.39, 0.29) is 29.3 Å². The summed E-state index contributed by atoms with van der Waals surface area (Å²) >= 11 is 12.2. The van der Waals surface area contributed by atoms with Gasteiger partial charge >= 0.3 is 6.03 Å². The van der Waals surface area contributed by atoms with Crippen LogP contribution in [-0.4, -0.2) is 47.3 Å². The Bertz CT molecular complexity index is 772. The first-order valence-corrected chi connectivity index (χ1v) is 10.1. The molecule has 1 saturated heterocycles. The van der Waals surface area contributed by atoms with E-state index in [1.54, 1.807) is 24.0 Å². The van der Waals surface area contributed by atoms with Crippen molar-refractivity contribution in [1.82, 2.24) is 15.1 Å². The van der Waals surface area contributed by atoms with E-state index in [2.05, 4.69) is 5.32 Å². The average Bonchev–Trinajstić information content (AvgIpc) is 2.77. The number of amides is 4. The van der Waals surface area contributed by atoms with Crippen LogP contribution in [0.3, 0.4) is 0 Å². The maximum absolute atomic E-state index is 13.1. The molecule has 1 fully saturated rings. The molecule has 0 radical (unpaired) electrons. The molecule has 1 aliphatic heterocycles. The summed E-state index contributed by atoms with van der Waals surface area (Å²) < 4.78 is 0. The zero-order chi connectivity index (χ0) is 21.2. The van der Waals surface area contributed by atoms with Crippen LogP contribution in [-0.2, 0) is 15.1 Å². The zero-order valence-electron chi connectivity index (χ0n) is 16.9. The van der Waals surface area contributed by atoms with Gasteiger partial charge in [0.1, 0.15) is 12.1 Å². The van der Waals surface area contributed by atoms with Crippen molar-refractivity contribution in [3.8, 4) is 0 Å². The molecule has 6 nitrogen and oxygen atoms in total. The lowest BCUT2D eigenvalue weighted by Crippen LogP contribution is -2.46. The van der Waals surface area contributed by atoms with Crippen LogP contribution >= 0.6 is 23.2 Å². The van der Waals surface area contributed by atoms with Crippen molar-refractivity contribution in [2.45, 2.75) is 40.2 Å². The molecule has 4 amide bonds. The van der Waals surface area contributed by atoms with Crippen molar-refractivity contribution >= 4 is 41.0 Å². The number of nitrogens with one attached hydrogen (secondary N) is 1. The Hall–Kier alpha value is -1.79. The van der Waals surface area contributed by atoms with Gasteiger partial charge in [0.25, 0.3) is 5.91 Å². The van der Waals surface area contributed by atoms with Gasteiger partial charge in [0, 0.05) is 28.7 Å². The third-order valence-electron chi connectivity index (χ3n) is 4.56. The van der Waals surface area contributed by atoms with Gasteiger partial charge in [0.05, 0.1) is 0 Å². The predicted molar refractivity (Wildman–Crippen MR) is 110 cm³/mol. The van der Waals surface area contributed by atoms with E-state index in [1.807, 2.05) is 27.7 Å². The van der Waals surface area contributed by atoms with Crippen LogP contribution in [0.25, 0.3) is 0 Å². The SMILES string of the molecule is CC(C)CN(CC(C)C)C(=O)CN1C(=O)N[C@](C)(c2ccc(Cl)cc2Cl)C1=O. The summed E-state index contributed by atoms with van der Waals surface area (Å²) in [6, 6.07) is 4.12. The number of imide groups is 1. The second kappa shape index (κ2) is 8.70. The molecular weight excluding hydrogens is 401 g/mol. The lowest BCUT2D eigenvalue weighted by molar-refractivity contribution is -0.139. The molecule has 1 N–H and O–H groups in total. The molecule has 0 spiro atoms. The Kier molecular flexibility index (Phi) is 6.99. The first kappa shape index (κ1) is 22.5. The Morgan fingerprint density at radius 1 is 1.14 bits per heavy atom. The fourth-order valence-corrected chi connectivity index (χ4v) is 3.91. The van der Waals surface area contributed by atoms with E-state index >= 15 is 0 Å². The van der Waals surface area contributed by atoms with Gasteiger partial charge in [-0.2, -0.15) is 0 Å². The molecule has 154 valence electrons. The summed E-state index contributed by atoms with van der Waals surface area (Å²) in [6.07, 6.45) is 0. The van der Waals surface area contributed by atoms with Crippen molar-refractivity contribution in [2.24, 2.45) is 11.8 Å². The first-order valence-electron chi connectivity index (χ1n) is 9.33. The summed E-state index contributed by atoms with van der Waals surface area (Å²) in [6.45, 7) is 10.5. The van der Waals surface area contributed by atoms with Crippen LogP contribution in [0.5, 0.6) is 0 Å². The van der Waals surface area contributed by atoms with Crippen LogP contribution in [0.2, 0.25) is 10.0 Å². The largest absolute Gasteiger partial charge is 0.341 e. The van der Waals surface area contributed by atoms with E-state index in [0.29, 0.717) is 23.7 Å². The Labute approximate surface area is 176 Å². The van der Waals surface area contributed by atoms with Gasteiger partial charge in [-0.1, -0.05) is 57.0 Å². The second-order valence-electron chi connectivity index (χ2n) is 8.16. The van der Waals surface area contributed by atoms with Crippen LogP contribution in [0.4, 0.5) is 4.79 Å². The topological polar surface area (TPSA) is 69.7 Å². The van der Waals surface area contributed by atoms with Gasteiger partial charge in [-0.05, 0) is 30.9 Å². The minimum Gasteiger partial charge on any atom is -0.341 e. The molecular formula is C20H27Cl2N3O3. The number of urea groups is 1. The van der Waals surface area contributed by atoms with Crippen molar-refractivity contribution in [3.63, 3.8) is 0 Å². The lowest BCUT2D eigenvalue weighted by atomic mass is 9.92. The molecule has 1 aromatic rings. The van der Waals surface area contributed by atoms with Crippen LogP contribution in [0.15, 0.2) is 18.2 Å². The molecule has 8 heteroatoms. The van der Waals surface area contributed by atoms with Crippen molar-refractivity contribution < 1.29 is 14.4 Å². The van der Waals surface area contributed by atoms with Crippen molar-refractivity contribution in [3.05, 3.63) is 33.8 Å². The number of benzene rings is 1. The maximum Gasteiger partial charge on any atom is 0.325 e. The molecule has 1 aromatic carbocycles. The Morgan fingerprint density at radius 3 is 2.21 bits per heavy atom. The molecule has 28 heavy (non-hydrogen) atoms. The number of hydrogen-bond donors (Lipinski definition) is 1. The third kappa shape index (κ3) is 4.78. The normalized spacial score (nSPS) is 19.5. The van der Waals surface area contributed by atoms with Crippen LogP contribution in [0.1, 0.15) is 40.2 Å². The zero-order valence-corrected chi connectivity index (χ0v) is 18.4. The number of rotatable bonds is 7. The van der Waals surface area contributed by atoms with Crippen molar-refractivity contribution in [2.75, 3.05) is 19.6 Å². The molecule has 0 unspecified atom stereocenters. The number of carbonyl (C=O) groups is 3. The highest BCUT2D eigenvalue weighted by atomic mass is 35.5. The summed E-state index contributed by atoms with van der Waals surface area (Å²) in [4.78, 5) is 41.1. The molecule has 1 atom stereocenters. The van der Waals surface area contributed by atoms with Gasteiger partial charge in [0.15, 0.2) is 0 Å². The Balaban J connectivity index is 2.24. The molecule has 1 heterocycles. The number of hydrogen-bond acceptors (Lipinski definition) is 3. The number of halogens is 2. The van der Waals surface area contributed by atoms with Gasteiger partial charge in [-0.25, -0.2) is 4.79 Å². The van der Waals surface area contributed by atoms with Crippen molar-refractivity contribution in [1.29, 1.82) is 0 Å². The molecule has 0 saturated carbocycles. The number of nitrogens with zero attached hydrogens (tertiary/aromatic N) is 2. The fraction of sp³-hybridized carbons (Fsp3) is 0.550. The highest BCUT2D eigenvalue weighted by Crippen LogP contribution is 2.34. The summed E-state index contributed by atoms with van der Waals surface area (Å²) in [5.41, 5.74) is -0.909. The fourth-order valence-electron chi connectivity index (χ4n) is 3.31. The lowest BCUT2D eigenvalue weighted by Gasteiger charge is -2.28. The predicted octanol–water partition coefficient (Wildman–Crippen LogP) is 3.90. The van der Waals surface area contributed by atoms with Gasteiger partial charge in [-0.15, -0.1) is 0 Å². The molecule has 0 bridgehead atoms. The highest BCUT2D eigenvalue weighted by molar-refractivity contribution is 6.35. The summed E-state index contributed by atoms with van der Waals surface area (Å²) in [7, 11) is 0. The van der Waals surface area contributed by atoms with E-state index in [0.717, 1.165) is 4.90 Å². The minimum absolute atomic E-state index is 0.252. The quantitative estimate of drug-likeness (QED) is 0.670. The summed E-state index contributed by atoms with van der Waals surface area (Å²) in [5.74, 6) is -0.200. The minimum atomic E-state index is -1.35. The third-order valence-corrected chi connectivity index (χ3v) is 5.11. The first-order chi connectivity index (χ1) is 13.0. The van der Waals surface area contributed by atoms with Gasteiger partial charge in [-0.3, -0.25) is 14.5 Å². The average molecular weight is 428 g/mol. The monoisotopic (exact) mass is 427 g/mol. The molecule has 0 aliphatic carbocycles. The Morgan fingerprint density at radius 2 is 1.71 bits per heavy atom. The van der Waals surface area contributed by atoms with Crippen LogP contribution < -0.4 is 5.32 Å². The van der Waals surface area contributed by atoms with E-state index in [9.17, 15) is 14.4 Å². The van der Waals surface area contributed by atoms with E-state index in [1.165, 1.54) is 6.07 Å².